The van der Waals surface area contributed by atoms with Gasteiger partial charge in [-0.15, -0.1) is 11.3 Å². The number of anilines is 2. The first-order valence-corrected chi connectivity index (χ1v) is 12.1. The highest BCUT2D eigenvalue weighted by Gasteiger charge is 2.29. The number of hydrogen-bond donors (Lipinski definition) is 1. The van der Waals surface area contributed by atoms with Gasteiger partial charge in [0.2, 0.25) is 21.8 Å². The van der Waals surface area contributed by atoms with Crippen molar-refractivity contribution < 1.29 is 27.1 Å². The zero-order valence-corrected chi connectivity index (χ0v) is 18.2. The molecular formula is C19H21FN4O5S2. The molecule has 0 bridgehead atoms. The summed E-state index contributed by atoms with van der Waals surface area (Å²) in [6.07, 6.45) is 1.23. The van der Waals surface area contributed by atoms with Crippen LogP contribution >= 0.6 is 11.3 Å². The van der Waals surface area contributed by atoms with E-state index in [1.807, 2.05) is 0 Å². The number of aromatic nitrogens is 1. The van der Waals surface area contributed by atoms with Gasteiger partial charge in [-0.1, -0.05) is 0 Å². The van der Waals surface area contributed by atoms with E-state index in [4.69, 9.17) is 4.74 Å². The molecule has 2 aliphatic rings. The van der Waals surface area contributed by atoms with E-state index in [-0.39, 0.29) is 44.3 Å². The minimum absolute atomic E-state index is 0.0191. The van der Waals surface area contributed by atoms with E-state index >= 15 is 0 Å². The number of amides is 2. The molecule has 1 aromatic heterocycles. The standard InChI is InChI=1S/C19H21FN4O5S2/c20-15-4-3-13(10-16(15)31(27,28)23-6-8-29-9-7-23)21-17(25)11-14-12-30-19(22-14)24-5-1-2-18(24)26/h3-4,10,12H,1-2,5-9,11H2,(H,21,25). The minimum Gasteiger partial charge on any atom is -0.379 e. The predicted molar refractivity (Wildman–Crippen MR) is 112 cm³/mol. The highest BCUT2D eigenvalue weighted by atomic mass is 32.2. The van der Waals surface area contributed by atoms with Crippen molar-refractivity contribution in [2.75, 3.05) is 43.1 Å². The molecule has 0 spiro atoms. The summed E-state index contributed by atoms with van der Waals surface area (Å²) >= 11 is 1.29. The second kappa shape index (κ2) is 8.99. The minimum atomic E-state index is -4.04. The molecule has 0 aliphatic carbocycles. The summed E-state index contributed by atoms with van der Waals surface area (Å²) in [6.45, 7) is 1.40. The second-order valence-corrected chi connectivity index (χ2v) is 9.90. The maximum atomic E-state index is 14.3. The average Bonchev–Trinajstić information content (AvgIpc) is 3.38. The van der Waals surface area contributed by atoms with Crippen molar-refractivity contribution in [1.82, 2.24) is 9.29 Å². The van der Waals surface area contributed by atoms with Crippen molar-refractivity contribution in [3.05, 3.63) is 35.1 Å². The van der Waals surface area contributed by atoms with Gasteiger partial charge in [0.15, 0.2) is 5.13 Å². The first kappa shape index (κ1) is 21.8. The average molecular weight is 469 g/mol. The number of thiazole rings is 1. The molecule has 0 saturated carbocycles. The lowest BCUT2D eigenvalue weighted by atomic mass is 10.2. The fourth-order valence-electron chi connectivity index (χ4n) is 3.43. The summed E-state index contributed by atoms with van der Waals surface area (Å²) < 4.78 is 46.1. The molecule has 1 N–H and O–H groups in total. The number of sulfonamides is 1. The van der Waals surface area contributed by atoms with E-state index in [0.717, 1.165) is 22.9 Å². The van der Waals surface area contributed by atoms with Gasteiger partial charge in [-0.3, -0.25) is 14.5 Å². The van der Waals surface area contributed by atoms with Crippen LogP contribution in [0.15, 0.2) is 28.5 Å². The Morgan fingerprint density at radius 2 is 2.03 bits per heavy atom. The Morgan fingerprint density at radius 3 is 2.74 bits per heavy atom. The van der Waals surface area contributed by atoms with Crippen LogP contribution in [0.25, 0.3) is 0 Å². The lowest BCUT2D eigenvalue weighted by Crippen LogP contribution is -2.40. The van der Waals surface area contributed by atoms with Crippen molar-refractivity contribution in [2.24, 2.45) is 0 Å². The van der Waals surface area contributed by atoms with Gasteiger partial charge in [-0.2, -0.15) is 4.31 Å². The molecule has 2 fully saturated rings. The lowest BCUT2D eigenvalue weighted by Gasteiger charge is -2.26. The summed E-state index contributed by atoms with van der Waals surface area (Å²) in [7, 11) is -4.04. The molecule has 3 heterocycles. The van der Waals surface area contributed by atoms with Gasteiger partial charge in [0, 0.05) is 37.1 Å². The van der Waals surface area contributed by atoms with E-state index in [1.54, 1.807) is 10.3 Å². The Kier molecular flexibility index (Phi) is 6.32. The van der Waals surface area contributed by atoms with Crippen molar-refractivity contribution in [2.45, 2.75) is 24.2 Å². The number of rotatable bonds is 6. The van der Waals surface area contributed by atoms with Gasteiger partial charge in [-0.05, 0) is 24.6 Å². The van der Waals surface area contributed by atoms with E-state index in [0.29, 0.717) is 23.8 Å². The molecule has 9 nitrogen and oxygen atoms in total. The number of nitrogens with zero attached hydrogens (tertiary/aromatic N) is 3. The Morgan fingerprint density at radius 1 is 1.26 bits per heavy atom. The van der Waals surface area contributed by atoms with Crippen LogP contribution in [0.5, 0.6) is 0 Å². The van der Waals surface area contributed by atoms with Crippen LogP contribution in [-0.2, 0) is 30.8 Å². The molecule has 4 rings (SSSR count). The van der Waals surface area contributed by atoms with Crippen LogP contribution in [0.4, 0.5) is 15.2 Å². The second-order valence-electron chi connectivity index (χ2n) is 7.16. The molecule has 0 radical (unpaired) electrons. The molecule has 2 aliphatic heterocycles. The van der Waals surface area contributed by atoms with Gasteiger partial charge in [0.1, 0.15) is 10.7 Å². The van der Waals surface area contributed by atoms with E-state index in [1.165, 1.54) is 17.4 Å². The van der Waals surface area contributed by atoms with E-state index < -0.39 is 26.6 Å². The number of carbonyl (C=O) groups is 2. The van der Waals surface area contributed by atoms with Crippen LogP contribution in [0, 0.1) is 5.82 Å². The Balaban J connectivity index is 1.45. The number of hydrogen-bond acceptors (Lipinski definition) is 7. The quantitative estimate of drug-likeness (QED) is 0.690. The Hall–Kier alpha value is -2.41. The topological polar surface area (TPSA) is 109 Å². The zero-order chi connectivity index (χ0) is 22.0. The van der Waals surface area contributed by atoms with Crippen molar-refractivity contribution >= 4 is 44.0 Å². The van der Waals surface area contributed by atoms with Crippen molar-refractivity contribution in [3.63, 3.8) is 0 Å². The monoisotopic (exact) mass is 468 g/mol. The van der Waals surface area contributed by atoms with Crippen LogP contribution in [0.1, 0.15) is 18.5 Å². The largest absolute Gasteiger partial charge is 0.379 e. The molecule has 2 amide bonds. The highest BCUT2D eigenvalue weighted by Crippen LogP contribution is 2.26. The predicted octanol–water partition coefficient (Wildman–Crippen LogP) is 1.61. The van der Waals surface area contributed by atoms with Gasteiger partial charge >= 0.3 is 0 Å². The third-order valence-corrected chi connectivity index (χ3v) is 7.81. The van der Waals surface area contributed by atoms with Gasteiger partial charge in [0.05, 0.1) is 25.3 Å². The lowest BCUT2D eigenvalue weighted by molar-refractivity contribution is -0.117. The van der Waals surface area contributed by atoms with Crippen molar-refractivity contribution in [1.29, 1.82) is 0 Å². The Bertz CT molecular complexity index is 1100. The SMILES string of the molecule is O=C(Cc1csc(N2CCCC2=O)n1)Nc1ccc(F)c(S(=O)(=O)N2CCOCC2)c1. The number of nitrogens with one attached hydrogen (secondary N) is 1. The molecule has 31 heavy (non-hydrogen) atoms. The first-order chi connectivity index (χ1) is 14.8. The Labute approximate surface area is 182 Å². The molecule has 12 heteroatoms. The van der Waals surface area contributed by atoms with Crippen LogP contribution in [0.3, 0.4) is 0 Å². The summed E-state index contributed by atoms with van der Waals surface area (Å²) in [5, 5.41) is 4.86. The third-order valence-electron chi connectivity index (χ3n) is 4.99. The maximum absolute atomic E-state index is 14.3. The summed E-state index contributed by atoms with van der Waals surface area (Å²) in [5.74, 6) is -1.29. The third kappa shape index (κ3) is 4.76. The van der Waals surface area contributed by atoms with Crippen LogP contribution in [-0.4, -0.2) is 62.4 Å². The number of ether oxygens (including phenoxy) is 1. The number of halogens is 1. The fourth-order valence-corrected chi connectivity index (χ4v) is 5.79. The van der Waals surface area contributed by atoms with Gasteiger partial charge in [0.25, 0.3) is 0 Å². The smallest absolute Gasteiger partial charge is 0.246 e. The molecule has 1 aromatic carbocycles. The number of carbonyl (C=O) groups excluding carboxylic acids is 2. The zero-order valence-electron chi connectivity index (χ0n) is 16.5. The first-order valence-electron chi connectivity index (χ1n) is 9.76. The summed E-state index contributed by atoms with van der Waals surface area (Å²) in [5.41, 5.74) is 0.670. The highest BCUT2D eigenvalue weighted by molar-refractivity contribution is 7.89. The molecule has 0 atom stereocenters. The normalized spacial score (nSPS) is 17.8. The van der Waals surface area contributed by atoms with E-state index in [2.05, 4.69) is 10.3 Å². The molecule has 166 valence electrons. The summed E-state index contributed by atoms with van der Waals surface area (Å²) in [4.78, 5) is 29.7. The maximum Gasteiger partial charge on any atom is 0.246 e. The van der Waals surface area contributed by atoms with Gasteiger partial charge < -0.3 is 10.1 Å². The number of morpholine rings is 1. The summed E-state index contributed by atoms with van der Waals surface area (Å²) in [6, 6.07) is 3.44. The van der Waals surface area contributed by atoms with Crippen molar-refractivity contribution in [3.8, 4) is 0 Å². The van der Waals surface area contributed by atoms with Gasteiger partial charge in [-0.25, -0.2) is 17.8 Å². The van der Waals surface area contributed by atoms with E-state index in [9.17, 15) is 22.4 Å². The molecular weight excluding hydrogens is 447 g/mol. The fraction of sp³-hybridized carbons (Fsp3) is 0.421. The number of benzene rings is 1. The molecule has 0 unspecified atom stereocenters. The van der Waals surface area contributed by atoms with Crippen LogP contribution in [0.2, 0.25) is 0 Å². The molecule has 2 aromatic rings. The van der Waals surface area contributed by atoms with Crippen LogP contribution < -0.4 is 10.2 Å². The molecule has 2 saturated heterocycles.